The third-order valence-electron chi connectivity index (χ3n) is 3.93. The molecular formula is C18H29N3O3. The summed E-state index contributed by atoms with van der Waals surface area (Å²) in [5, 5.41) is 6.60. The van der Waals surface area contributed by atoms with Crippen LogP contribution in [0.1, 0.15) is 31.4 Å². The molecule has 1 unspecified atom stereocenters. The molecule has 0 aromatic heterocycles. The first-order valence-corrected chi connectivity index (χ1v) is 8.56. The molecule has 2 rings (SSSR count). The van der Waals surface area contributed by atoms with Crippen LogP contribution in [-0.4, -0.2) is 46.0 Å². The minimum Gasteiger partial charge on any atom is -0.496 e. The third kappa shape index (κ3) is 5.03. The Bertz CT molecular complexity index is 561. The molecule has 24 heavy (non-hydrogen) atoms. The van der Waals surface area contributed by atoms with Gasteiger partial charge in [-0.05, 0) is 32.4 Å². The molecule has 1 heterocycles. The molecule has 0 spiro atoms. The minimum absolute atomic E-state index is 0.229. The Morgan fingerprint density at radius 2 is 2.21 bits per heavy atom. The van der Waals surface area contributed by atoms with E-state index < -0.39 is 0 Å². The molecule has 1 aliphatic rings. The van der Waals surface area contributed by atoms with Crippen molar-refractivity contribution in [1.82, 2.24) is 10.6 Å². The Hall–Kier alpha value is -1.95. The topological polar surface area (TPSA) is 64.1 Å². The average Bonchev–Trinajstić information content (AvgIpc) is 2.95. The molecule has 6 nitrogen and oxygen atoms in total. The predicted molar refractivity (Wildman–Crippen MR) is 96.1 cm³/mol. The van der Waals surface area contributed by atoms with E-state index in [0.717, 1.165) is 55.6 Å². The van der Waals surface area contributed by atoms with Gasteiger partial charge in [-0.1, -0.05) is 0 Å². The summed E-state index contributed by atoms with van der Waals surface area (Å²) in [6, 6.07) is 4.14. The number of rotatable bonds is 8. The largest absolute Gasteiger partial charge is 0.496 e. The standard InChI is InChI=1S/C18H29N3O3/c1-5-23-8-6-7-20-18(19-3)21-12-15-11-17-14(9-13(2)24-17)10-16(15)22-4/h10-11,13H,5-9,12H2,1-4H3,(H2,19,20,21). The van der Waals surface area contributed by atoms with Gasteiger partial charge in [-0.15, -0.1) is 0 Å². The third-order valence-corrected chi connectivity index (χ3v) is 3.93. The van der Waals surface area contributed by atoms with Crippen molar-refractivity contribution in [1.29, 1.82) is 0 Å². The smallest absolute Gasteiger partial charge is 0.191 e. The van der Waals surface area contributed by atoms with E-state index in [2.05, 4.69) is 34.7 Å². The van der Waals surface area contributed by atoms with E-state index in [4.69, 9.17) is 14.2 Å². The van der Waals surface area contributed by atoms with E-state index in [9.17, 15) is 0 Å². The second-order valence-electron chi connectivity index (χ2n) is 5.81. The van der Waals surface area contributed by atoms with Crippen LogP contribution in [0, 0.1) is 0 Å². The monoisotopic (exact) mass is 335 g/mol. The fourth-order valence-corrected chi connectivity index (χ4v) is 2.73. The number of guanidine groups is 1. The van der Waals surface area contributed by atoms with E-state index in [1.807, 2.05) is 6.92 Å². The number of methoxy groups -OCH3 is 1. The first-order valence-electron chi connectivity index (χ1n) is 8.56. The molecule has 0 amide bonds. The van der Waals surface area contributed by atoms with E-state index in [-0.39, 0.29) is 6.10 Å². The normalized spacial score (nSPS) is 16.5. The van der Waals surface area contributed by atoms with Crippen LogP contribution in [0.15, 0.2) is 17.1 Å². The highest BCUT2D eigenvalue weighted by Crippen LogP contribution is 2.34. The lowest BCUT2D eigenvalue weighted by molar-refractivity contribution is 0.145. The van der Waals surface area contributed by atoms with Crippen molar-refractivity contribution in [2.24, 2.45) is 4.99 Å². The molecule has 0 radical (unpaired) electrons. The Kier molecular flexibility index (Phi) is 7.18. The van der Waals surface area contributed by atoms with Gasteiger partial charge in [0.25, 0.3) is 0 Å². The number of hydrogen-bond donors (Lipinski definition) is 2. The summed E-state index contributed by atoms with van der Waals surface area (Å²) in [6.07, 6.45) is 2.11. The lowest BCUT2D eigenvalue weighted by Gasteiger charge is -2.15. The second kappa shape index (κ2) is 9.37. The SMILES string of the molecule is CCOCCCNC(=NC)NCc1cc2c(cc1OC)CC(C)O2. The van der Waals surface area contributed by atoms with Gasteiger partial charge in [-0.2, -0.15) is 0 Å². The molecule has 134 valence electrons. The molecule has 0 fully saturated rings. The number of fused-ring (bicyclic) bond motifs is 1. The summed E-state index contributed by atoms with van der Waals surface area (Å²) in [4.78, 5) is 4.24. The zero-order chi connectivity index (χ0) is 17.4. The molecule has 1 atom stereocenters. The first kappa shape index (κ1) is 18.4. The molecule has 0 bridgehead atoms. The van der Waals surface area contributed by atoms with Gasteiger partial charge in [-0.25, -0.2) is 0 Å². The maximum atomic E-state index is 5.84. The number of nitrogens with zero attached hydrogens (tertiary/aromatic N) is 1. The van der Waals surface area contributed by atoms with Crippen molar-refractivity contribution < 1.29 is 14.2 Å². The Labute approximate surface area is 144 Å². The zero-order valence-corrected chi connectivity index (χ0v) is 15.1. The quantitative estimate of drug-likeness (QED) is 0.433. The van der Waals surface area contributed by atoms with Crippen molar-refractivity contribution in [3.8, 4) is 11.5 Å². The summed E-state index contributed by atoms with van der Waals surface area (Å²) in [7, 11) is 3.47. The molecule has 0 saturated heterocycles. The summed E-state index contributed by atoms with van der Waals surface area (Å²) < 4.78 is 16.7. The molecule has 1 aromatic carbocycles. The van der Waals surface area contributed by atoms with Crippen molar-refractivity contribution in [2.45, 2.75) is 39.3 Å². The second-order valence-corrected chi connectivity index (χ2v) is 5.81. The maximum Gasteiger partial charge on any atom is 0.191 e. The van der Waals surface area contributed by atoms with Crippen LogP contribution in [0.3, 0.4) is 0 Å². The van der Waals surface area contributed by atoms with E-state index in [1.54, 1.807) is 14.2 Å². The van der Waals surface area contributed by atoms with Gasteiger partial charge in [0.1, 0.15) is 17.6 Å². The van der Waals surface area contributed by atoms with E-state index in [1.165, 1.54) is 5.56 Å². The van der Waals surface area contributed by atoms with Gasteiger partial charge >= 0.3 is 0 Å². The van der Waals surface area contributed by atoms with Crippen LogP contribution in [-0.2, 0) is 17.7 Å². The van der Waals surface area contributed by atoms with E-state index >= 15 is 0 Å². The van der Waals surface area contributed by atoms with Gasteiger partial charge in [-0.3, -0.25) is 4.99 Å². The average molecular weight is 335 g/mol. The van der Waals surface area contributed by atoms with Crippen LogP contribution >= 0.6 is 0 Å². The molecule has 6 heteroatoms. The Balaban J connectivity index is 1.89. The highest BCUT2D eigenvalue weighted by Gasteiger charge is 2.21. The number of hydrogen-bond acceptors (Lipinski definition) is 4. The molecule has 1 aromatic rings. The molecule has 2 N–H and O–H groups in total. The van der Waals surface area contributed by atoms with Crippen molar-refractivity contribution in [2.75, 3.05) is 33.9 Å². The highest BCUT2D eigenvalue weighted by molar-refractivity contribution is 5.79. The fourth-order valence-electron chi connectivity index (χ4n) is 2.73. The maximum absolute atomic E-state index is 5.84. The lowest BCUT2D eigenvalue weighted by Crippen LogP contribution is -2.37. The summed E-state index contributed by atoms with van der Waals surface area (Å²) in [6.45, 7) is 7.04. The van der Waals surface area contributed by atoms with Crippen molar-refractivity contribution >= 4 is 5.96 Å². The number of nitrogens with one attached hydrogen (secondary N) is 2. The summed E-state index contributed by atoms with van der Waals surface area (Å²) in [5.74, 6) is 2.61. The van der Waals surface area contributed by atoms with Gasteiger partial charge in [0.15, 0.2) is 5.96 Å². The highest BCUT2D eigenvalue weighted by atomic mass is 16.5. The van der Waals surface area contributed by atoms with Crippen LogP contribution in [0.5, 0.6) is 11.5 Å². The van der Waals surface area contributed by atoms with Crippen LogP contribution in [0.25, 0.3) is 0 Å². The fraction of sp³-hybridized carbons (Fsp3) is 0.611. The van der Waals surface area contributed by atoms with Crippen LogP contribution in [0.4, 0.5) is 0 Å². The molecule has 0 saturated carbocycles. The number of ether oxygens (including phenoxy) is 3. The molecule has 1 aliphatic heterocycles. The van der Waals surface area contributed by atoms with Crippen LogP contribution < -0.4 is 20.1 Å². The van der Waals surface area contributed by atoms with Gasteiger partial charge in [0, 0.05) is 50.9 Å². The summed E-state index contributed by atoms with van der Waals surface area (Å²) in [5.41, 5.74) is 2.27. The van der Waals surface area contributed by atoms with Gasteiger partial charge in [0.05, 0.1) is 7.11 Å². The number of aliphatic imine (C=N–C) groups is 1. The van der Waals surface area contributed by atoms with E-state index in [0.29, 0.717) is 6.54 Å². The van der Waals surface area contributed by atoms with Crippen molar-refractivity contribution in [3.63, 3.8) is 0 Å². The predicted octanol–water partition coefficient (Wildman–Crippen LogP) is 2.11. The lowest BCUT2D eigenvalue weighted by atomic mass is 10.1. The number of benzene rings is 1. The van der Waals surface area contributed by atoms with Crippen molar-refractivity contribution in [3.05, 3.63) is 23.3 Å². The Morgan fingerprint density at radius 1 is 1.38 bits per heavy atom. The Morgan fingerprint density at radius 3 is 2.92 bits per heavy atom. The minimum atomic E-state index is 0.229. The zero-order valence-electron chi connectivity index (χ0n) is 15.1. The van der Waals surface area contributed by atoms with Gasteiger partial charge < -0.3 is 24.8 Å². The first-order chi connectivity index (χ1) is 11.7. The van der Waals surface area contributed by atoms with Gasteiger partial charge in [0.2, 0.25) is 0 Å². The molecular weight excluding hydrogens is 306 g/mol. The van der Waals surface area contributed by atoms with Crippen LogP contribution in [0.2, 0.25) is 0 Å². The summed E-state index contributed by atoms with van der Waals surface area (Å²) >= 11 is 0. The molecule has 0 aliphatic carbocycles.